The molecule has 1 aromatic carbocycles. The lowest BCUT2D eigenvalue weighted by atomic mass is 10.2. The summed E-state index contributed by atoms with van der Waals surface area (Å²) in [6.45, 7) is 0. The molecule has 0 spiro atoms. The van der Waals surface area contributed by atoms with Crippen molar-refractivity contribution >= 4 is 11.3 Å². The second-order valence-corrected chi connectivity index (χ2v) is 4.20. The summed E-state index contributed by atoms with van der Waals surface area (Å²) in [5, 5.41) is 9.58. The zero-order valence-corrected chi connectivity index (χ0v) is 8.95. The fourth-order valence-electron chi connectivity index (χ4n) is 1.28. The number of aliphatic hydroxyl groups excluding tert-OH is 1. The Morgan fingerprint density at radius 3 is 2.80 bits per heavy atom. The monoisotopic (exact) mass is 217 g/mol. The molecule has 0 saturated heterocycles. The lowest BCUT2D eigenvalue weighted by Crippen LogP contribution is -1.71. The minimum Gasteiger partial charge on any atom is -0.516 e. The molecular weight excluding hydrogens is 206 g/mol. The molecule has 1 N–H and O–H groups in total. The van der Waals surface area contributed by atoms with Crippen LogP contribution in [0.5, 0.6) is 0 Å². The first-order valence-electron chi connectivity index (χ1n) is 4.69. The number of benzene rings is 1. The van der Waals surface area contributed by atoms with Gasteiger partial charge >= 0.3 is 0 Å². The molecule has 0 saturated carbocycles. The smallest absolute Gasteiger partial charge is 0.123 e. The van der Waals surface area contributed by atoms with Gasteiger partial charge in [0.2, 0.25) is 0 Å². The summed E-state index contributed by atoms with van der Waals surface area (Å²) >= 11 is 1.65. The Morgan fingerprint density at radius 2 is 2.07 bits per heavy atom. The van der Waals surface area contributed by atoms with E-state index < -0.39 is 0 Å². The third-order valence-electron chi connectivity index (χ3n) is 2.00. The van der Waals surface area contributed by atoms with Crippen LogP contribution in [-0.4, -0.2) is 10.1 Å². The topological polar surface area (TPSA) is 33.1 Å². The second kappa shape index (κ2) is 4.75. The lowest BCUT2D eigenvalue weighted by Gasteiger charge is -1.92. The molecule has 0 aliphatic rings. The summed E-state index contributed by atoms with van der Waals surface area (Å²) in [4.78, 5) is 5.49. The van der Waals surface area contributed by atoms with Crippen LogP contribution in [0.25, 0.3) is 10.6 Å². The Morgan fingerprint density at radius 1 is 1.27 bits per heavy atom. The molecule has 0 amide bonds. The average molecular weight is 217 g/mol. The van der Waals surface area contributed by atoms with Crippen molar-refractivity contribution in [3.8, 4) is 10.6 Å². The van der Waals surface area contributed by atoms with E-state index in [0.29, 0.717) is 0 Å². The van der Waals surface area contributed by atoms with Gasteiger partial charge in [-0.05, 0) is 6.08 Å². The second-order valence-electron chi connectivity index (χ2n) is 3.09. The van der Waals surface area contributed by atoms with Crippen LogP contribution in [0.15, 0.2) is 48.9 Å². The normalized spacial score (nSPS) is 10.9. The maximum Gasteiger partial charge on any atom is 0.123 e. The molecule has 0 fully saturated rings. The lowest BCUT2D eigenvalue weighted by molar-refractivity contribution is 0.471. The van der Waals surface area contributed by atoms with Crippen LogP contribution in [0, 0.1) is 0 Å². The zero-order valence-electron chi connectivity index (χ0n) is 8.13. The fraction of sp³-hybridized carbons (Fsp3) is 0.0833. The van der Waals surface area contributed by atoms with Crippen LogP contribution in [0.3, 0.4) is 0 Å². The number of nitrogens with zero attached hydrogens (tertiary/aromatic N) is 1. The van der Waals surface area contributed by atoms with Crippen molar-refractivity contribution in [3.63, 3.8) is 0 Å². The Bertz CT molecular complexity index is 448. The Kier molecular flexibility index (Phi) is 3.15. The van der Waals surface area contributed by atoms with Gasteiger partial charge in [-0.2, -0.15) is 0 Å². The zero-order chi connectivity index (χ0) is 10.5. The van der Waals surface area contributed by atoms with E-state index in [2.05, 4.69) is 4.98 Å². The Balaban J connectivity index is 2.20. The van der Waals surface area contributed by atoms with Gasteiger partial charge in [0.25, 0.3) is 0 Å². The highest BCUT2D eigenvalue weighted by Gasteiger charge is 2.02. The highest BCUT2D eigenvalue weighted by molar-refractivity contribution is 7.15. The van der Waals surface area contributed by atoms with Gasteiger partial charge in [0.15, 0.2) is 0 Å². The molecule has 15 heavy (non-hydrogen) atoms. The van der Waals surface area contributed by atoms with Gasteiger partial charge in [-0.1, -0.05) is 30.3 Å². The molecule has 2 rings (SSSR count). The van der Waals surface area contributed by atoms with Crippen molar-refractivity contribution in [1.29, 1.82) is 0 Å². The predicted molar refractivity (Wildman–Crippen MR) is 63.0 cm³/mol. The first-order chi connectivity index (χ1) is 7.40. The molecule has 2 nitrogen and oxygen atoms in total. The first kappa shape index (κ1) is 9.93. The van der Waals surface area contributed by atoms with Crippen molar-refractivity contribution < 1.29 is 5.11 Å². The maximum atomic E-state index is 8.56. The van der Waals surface area contributed by atoms with Crippen molar-refractivity contribution in [2.24, 2.45) is 0 Å². The van der Waals surface area contributed by atoms with E-state index in [-0.39, 0.29) is 0 Å². The van der Waals surface area contributed by atoms with Gasteiger partial charge in [-0.15, -0.1) is 11.3 Å². The molecule has 0 aliphatic heterocycles. The predicted octanol–water partition coefficient (Wildman–Crippen LogP) is 3.42. The fourth-order valence-corrected chi connectivity index (χ4v) is 2.18. The average Bonchev–Trinajstić information content (AvgIpc) is 2.76. The largest absolute Gasteiger partial charge is 0.516 e. The van der Waals surface area contributed by atoms with E-state index >= 15 is 0 Å². The van der Waals surface area contributed by atoms with Crippen molar-refractivity contribution in [1.82, 2.24) is 4.98 Å². The highest BCUT2D eigenvalue weighted by Crippen LogP contribution is 2.24. The van der Waals surface area contributed by atoms with E-state index in [1.54, 1.807) is 17.4 Å². The summed E-state index contributed by atoms with van der Waals surface area (Å²) < 4.78 is 0. The first-order valence-corrected chi connectivity index (χ1v) is 5.51. The van der Waals surface area contributed by atoms with E-state index in [1.807, 2.05) is 36.5 Å². The van der Waals surface area contributed by atoms with Gasteiger partial charge in [-0.3, -0.25) is 0 Å². The highest BCUT2D eigenvalue weighted by atomic mass is 32.1. The van der Waals surface area contributed by atoms with E-state index in [1.165, 1.54) is 0 Å². The SMILES string of the molecule is O/C=C\Cc1cnc(-c2ccccc2)s1. The molecule has 0 atom stereocenters. The van der Waals surface area contributed by atoms with Gasteiger partial charge in [-0.25, -0.2) is 4.98 Å². The van der Waals surface area contributed by atoms with Crippen LogP contribution >= 0.6 is 11.3 Å². The van der Waals surface area contributed by atoms with E-state index in [9.17, 15) is 0 Å². The molecule has 1 heterocycles. The summed E-state index contributed by atoms with van der Waals surface area (Å²) in [5.41, 5.74) is 1.14. The number of rotatable bonds is 3. The van der Waals surface area contributed by atoms with Crippen LogP contribution in [0.1, 0.15) is 4.88 Å². The number of allylic oxidation sites excluding steroid dienone is 1. The van der Waals surface area contributed by atoms with Crippen molar-refractivity contribution in [3.05, 3.63) is 53.7 Å². The minimum absolute atomic E-state index is 0.737. The summed E-state index contributed by atoms with van der Waals surface area (Å²) in [7, 11) is 0. The van der Waals surface area contributed by atoms with Crippen LogP contribution < -0.4 is 0 Å². The van der Waals surface area contributed by atoms with Gasteiger partial charge < -0.3 is 5.11 Å². The van der Waals surface area contributed by atoms with E-state index in [4.69, 9.17) is 5.11 Å². The molecule has 1 aromatic heterocycles. The van der Waals surface area contributed by atoms with Gasteiger partial charge in [0.1, 0.15) is 5.01 Å². The molecule has 76 valence electrons. The maximum absolute atomic E-state index is 8.56. The molecule has 3 heteroatoms. The number of hydrogen-bond acceptors (Lipinski definition) is 3. The number of thiazole rings is 1. The Labute approximate surface area is 92.5 Å². The van der Waals surface area contributed by atoms with Gasteiger partial charge in [0.05, 0.1) is 6.26 Å². The molecule has 0 aliphatic carbocycles. The minimum atomic E-state index is 0.737. The molecule has 0 radical (unpaired) electrons. The van der Waals surface area contributed by atoms with E-state index in [0.717, 1.165) is 28.1 Å². The standard InChI is InChI=1S/C12H11NOS/c14-8-4-7-11-9-13-12(15-11)10-5-2-1-3-6-10/h1-6,8-9,14H,7H2/b8-4-. The van der Waals surface area contributed by atoms with Crippen LogP contribution in [0.2, 0.25) is 0 Å². The Hall–Kier alpha value is -1.61. The van der Waals surface area contributed by atoms with Crippen molar-refractivity contribution in [2.75, 3.05) is 0 Å². The van der Waals surface area contributed by atoms with Crippen LogP contribution in [-0.2, 0) is 6.42 Å². The molecule has 0 unspecified atom stereocenters. The third kappa shape index (κ3) is 2.44. The van der Waals surface area contributed by atoms with Gasteiger partial charge in [0, 0.05) is 23.1 Å². The summed E-state index contributed by atoms with van der Waals surface area (Å²) in [5.74, 6) is 0. The quantitative estimate of drug-likeness (QED) is 0.799. The third-order valence-corrected chi connectivity index (χ3v) is 3.07. The number of aliphatic hydroxyl groups is 1. The number of aromatic nitrogens is 1. The van der Waals surface area contributed by atoms with Crippen LogP contribution in [0.4, 0.5) is 0 Å². The number of hydrogen-bond donors (Lipinski definition) is 1. The molecule has 0 bridgehead atoms. The molecule has 2 aromatic rings. The summed E-state index contributed by atoms with van der Waals surface area (Å²) in [6.07, 6.45) is 5.37. The molecular formula is C12H11NOS. The summed E-state index contributed by atoms with van der Waals surface area (Å²) in [6, 6.07) is 10.1. The van der Waals surface area contributed by atoms with Crippen molar-refractivity contribution in [2.45, 2.75) is 6.42 Å².